The van der Waals surface area contributed by atoms with Gasteiger partial charge in [-0.3, -0.25) is 0 Å². The molecule has 0 amide bonds. The summed E-state index contributed by atoms with van der Waals surface area (Å²) in [5.74, 6) is 0. The molecule has 14 heavy (non-hydrogen) atoms. The van der Waals surface area contributed by atoms with Gasteiger partial charge in [0.1, 0.15) is 0 Å². The number of nitrogens with one attached hydrogen (secondary N) is 1. The van der Waals surface area contributed by atoms with E-state index in [0.29, 0.717) is 12.6 Å². The molecule has 0 spiro atoms. The van der Waals surface area contributed by atoms with E-state index >= 15 is 0 Å². The molecule has 0 saturated heterocycles. The van der Waals surface area contributed by atoms with E-state index in [1.54, 1.807) is 7.11 Å². The largest absolute Gasteiger partial charge is 0.383 e. The van der Waals surface area contributed by atoms with Gasteiger partial charge in [0.05, 0.1) is 6.61 Å². The molecule has 0 heterocycles. The lowest BCUT2D eigenvalue weighted by molar-refractivity contribution is 0.171. The van der Waals surface area contributed by atoms with Crippen molar-refractivity contribution in [3.8, 4) is 0 Å². The lowest BCUT2D eigenvalue weighted by Gasteiger charge is -2.13. The summed E-state index contributed by atoms with van der Waals surface area (Å²) in [6.07, 6.45) is 0. The monoisotopic (exact) mass is 213 g/mol. The van der Waals surface area contributed by atoms with Gasteiger partial charge in [0.25, 0.3) is 0 Å². The van der Waals surface area contributed by atoms with E-state index in [1.165, 1.54) is 0 Å². The molecule has 0 bridgehead atoms. The van der Waals surface area contributed by atoms with Crippen molar-refractivity contribution in [1.29, 1.82) is 0 Å². The summed E-state index contributed by atoms with van der Waals surface area (Å²) in [6.45, 7) is 3.58. The van der Waals surface area contributed by atoms with Crippen LogP contribution in [0.4, 0.5) is 0 Å². The van der Waals surface area contributed by atoms with E-state index < -0.39 is 0 Å². The van der Waals surface area contributed by atoms with Crippen LogP contribution in [0.5, 0.6) is 0 Å². The van der Waals surface area contributed by atoms with Crippen molar-refractivity contribution >= 4 is 11.6 Å². The molecule has 0 aliphatic rings. The number of methoxy groups -OCH3 is 1. The molecule has 3 heteroatoms. The third-order valence-corrected chi connectivity index (χ3v) is 2.38. The lowest BCUT2D eigenvalue weighted by Crippen LogP contribution is -2.29. The highest BCUT2D eigenvalue weighted by Gasteiger charge is 2.02. The molecule has 78 valence electrons. The first kappa shape index (κ1) is 11.5. The molecule has 0 aliphatic heterocycles. The molecule has 1 N–H and O–H groups in total. The molecule has 0 saturated carbocycles. The van der Waals surface area contributed by atoms with Gasteiger partial charge in [-0.05, 0) is 18.6 Å². The Labute approximate surface area is 90.2 Å². The van der Waals surface area contributed by atoms with Gasteiger partial charge >= 0.3 is 0 Å². The fourth-order valence-corrected chi connectivity index (χ4v) is 1.44. The second-order valence-electron chi connectivity index (χ2n) is 3.33. The van der Waals surface area contributed by atoms with Gasteiger partial charge in [-0.15, -0.1) is 0 Å². The Kier molecular flexibility index (Phi) is 4.94. The first-order valence-electron chi connectivity index (χ1n) is 4.69. The maximum Gasteiger partial charge on any atom is 0.0613 e. The fourth-order valence-electron chi connectivity index (χ4n) is 1.23. The normalized spacial score (nSPS) is 12.8. The third-order valence-electron chi connectivity index (χ3n) is 2.02. The van der Waals surface area contributed by atoms with Crippen LogP contribution < -0.4 is 5.32 Å². The van der Waals surface area contributed by atoms with Crippen LogP contribution in [-0.4, -0.2) is 19.8 Å². The number of rotatable bonds is 5. The highest BCUT2D eigenvalue weighted by Crippen LogP contribution is 2.14. The van der Waals surface area contributed by atoms with Crippen LogP contribution in [0, 0.1) is 0 Å². The van der Waals surface area contributed by atoms with Crippen molar-refractivity contribution in [2.45, 2.75) is 19.5 Å². The number of halogens is 1. The molecular formula is C11H16ClNO. The predicted octanol–water partition coefficient (Wildman–Crippen LogP) is 2.46. The molecule has 0 radical (unpaired) electrons. The maximum absolute atomic E-state index is 6.01. The van der Waals surface area contributed by atoms with E-state index in [4.69, 9.17) is 16.3 Å². The Bertz CT molecular complexity index is 278. The Morgan fingerprint density at radius 2 is 2.14 bits per heavy atom. The summed E-state index contributed by atoms with van der Waals surface area (Å²) in [7, 11) is 1.70. The minimum absolute atomic E-state index is 0.344. The number of ether oxygens (including phenoxy) is 1. The van der Waals surface area contributed by atoms with Crippen molar-refractivity contribution < 1.29 is 4.74 Å². The average molecular weight is 214 g/mol. The Balaban J connectivity index is 2.41. The molecule has 0 aromatic heterocycles. The summed E-state index contributed by atoms with van der Waals surface area (Å²) in [4.78, 5) is 0. The Morgan fingerprint density at radius 1 is 1.43 bits per heavy atom. The summed E-state index contributed by atoms with van der Waals surface area (Å²) >= 11 is 6.01. The Morgan fingerprint density at radius 3 is 2.79 bits per heavy atom. The van der Waals surface area contributed by atoms with E-state index in [-0.39, 0.29) is 0 Å². The number of hydrogen-bond acceptors (Lipinski definition) is 2. The van der Waals surface area contributed by atoms with Crippen LogP contribution in [0.15, 0.2) is 24.3 Å². The number of benzene rings is 1. The second kappa shape index (κ2) is 6.02. The molecule has 1 atom stereocenters. The second-order valence-corrected chi connectivity index (χ2v) is 3.74. The van der Waals surface area contributed by atoms with Gasteiger partial charge in [-0.2, -0.15) is 0 Å². The van der Waals surface area contributed by atoms with Gasteiger partial charge in [0.2, 0.25) is 0 Å². The van der Waals surface area contributed by atoms with Gasteiger partial charge in [-0.1, -0.05) is 29.8 Å². The molecular weight excluding hydrogens is 198 g/mol. The molecule has 1 rings (SSSR count). The SMILES string of the molecule is COC[C@@H](C)NCc1ccccc1Cl. The molecule has 0 unspecified atom stereocenters. The van der Waals surface area contributed by atoms with Gasteiger partial charge < -0.3 is 10.1 Å². The molecule has 2 nitrogen and oxygen atoms in total. The quantitative estimate of drug-likeness (QED) is 0.812. The van der Waals surface area contributed by atoms with Crippen LogP contribution in [0.1, 0.15) is 12.5 Å². The standard InChI is InChI=1S/C11H16ClNO/c1-9(8-14-2)13-7-10-5-3-4-6-11(10)12/h3-6,9,13H,7-8H2,1-2H3/t9-/m1/s1. The van der Waals surface area contributed by atoms with E-state index in [0.717, 1.165) is 17.1 Å². The van der Waals surface area contributed by atoms with Gasteiger partial charge in [-0.25, -0.2) is 0 Å². The minimum atomic E-state index is 0.344. The van der Waals surface area contributed by atoms with Crippen LogP contribution in [0.3, 0.4) is 0 Å². The van der Waals surface area contributed by atoms with Crippen molar-refractivity contribution in [1.82, 2.24) is 5.32 Å². The van der Waals surface area contributed by atoms with Crippen LogP contribution in [0.2, 0.25) is 5.02 Å². The van der Waals surface area contributed by atoms with Crippen molar-refractivity contribution in [2.24, 2.45) is 0 Å². The lowest BCUT2D eigenvalue weighted by atomic mass is 10.2. The highest BCUT2D eigenvalue weighted by atomic mass is 35.5. The summed E-state index contributed by atoms with van der Waals surface area (Å²) in [5, 5.41) is 4.14. The van der Waals surface area contributed by atoms with Crippen LogP contribution in [-0.2, 0) is 11.3 Å². The van der Waals surface area contributed by atoms with Gasteiger partial charge in [0.15, 0.2) is 0 Å². The van der Waals surface area contributed by atoms with Crippen LogP contribution >= 0.6 is 11.6 Å². The maximum atomic E-state index is 6.01. The van der Waals surface area contributed by atoms with Crippen molar-refractivity contribution in [3.63, 3.8) is 0 Å². The zero-order valence-electron chi connectivity index (χ0n) is 8.59. The minimum Gasteiger partial charge on any atom is -0.383 e. The summed E-state index contributed by atoms with van der Waals surface area (Å²) < 4.78 is 5.03. The first-order valence-corrected chi connectivity index (χ1v) is 5.07. The summed E-state index contributed by atoms with van der Waals surface area (Å²) in [5.41, 5.74) is 1.12. The third kappa shape index (κ3) is 3.66. The predicted molar refractivity (Wildman–Crippen MR) is 59.6 cm³/mol. The molecule has 0 aliphatic carbocycles. The highest BCUT2D eigenvalue weighted by molar-refractivity contribution is 6.31. The molecule has 0 fully saturated rings. The molecule has 1 aromatic carbocycles. The fraction of sp³-hybridized carbons (Fsp3) is 0.455. The Hall–Kier alpha value is -0.570. The average Bonchev–Trinajstić information content (AvgIpc) is 2.17. The van der Waals surface area contributed by atoms with E-state index in [2.05, 4.69) is 12.2 Å². The number of hydrogen-bond donors (Lipinski definition) is 1. The van der Waals surface area contributed by atoms with E-state index in [1.807, 2.05) is 24.3 Å². The van der Waals surface area contributed by atoms with Gasteiger partial charge in [0, 0.05) is 24.7 Å². The first-order chi connectivity index (χ1) is 6.74. The van der Waals surface area contributed by atoms with E-state index in [9.17, 15) is 0 Å². The van der Waals surface area contributed by atoms with Crippen molar-refractivity contribution in [3.05, 3.63) is 34.9 Å². The van der Waals surface area contributed by atoms with Crippen molar-refractivity contribution in [2.75, 3.05) is 13.7 Å². The topological polar surface area (TPSA) is 21.3 Å². The zero-order chi connectivity index (χ0) is 10.4. The molecule has 1 aromatic rings. The smallest absolute Gasteiger partial charge is 0.0613 e. The van der Waals surface area contributed by atoms with Crippen LogP contribution in [0.25, 0.3) is 0 Å². The zero-order valence-corrected chi connectivity index (χ0v) is 9.34. The summed E-state index contributed by atoms with van der Waals surface area (Å²) in [6, 6.07) is 8.19.